The minimum absolute atomic E-state index is 0.100. The Labute approximate surface area is 221 Å². The molecular formula is C27H25F2N7O3. The van der Waals surface area contributed by atoms with Gasteiger partial charge in [-0.05, 0) is 44.2 Å². The number of halogens is 2. The highest BCUT2D eigenvalue weighted by atomic mass is 19.1. The Morgan fingerprint density at radius 2 is 1.85 bits per heavy atom. The molecule has 0 unspecified atom stereocenters. The third kappa shape index (κ3) is 3.98. The van der Waals surface area contributed by atoms with Crippen molar-refractivity contribution < 1.29 is 18.3 Å². The van der Waals surface area contributed by atoms with Crippen LogP contribution >= 0.6 is 0 Å². The van der Waals surface area contributed by atoms with Gasteiger partial charge in [-0.1, -0.05) is 6.07 Å². The SMILES string of the molecule is CC(C)n1ncc2c(N3CC(=N)C4(COC4)C3)c(NC(=O)c3ccc(=O)n(-c4c(F)cccc4F)n3)ccc21. The largest absolute Gasteiger partial charge is 0.379 e. The smallest absolute Gasteiger partial charge is 0.276 e. The molecule has 2 aromatic heterocycles. The van der Waals surface area contributed by atoms with Gasteiger partial charge in [-0.3, -0.25) is 14.3 Å². The molecule has 2 aromatic carbocycles. The van der Waals surface area contributed by atoms with Crippen molar-refractivity contribution in [3.8, 4) is 5.69 Å². The molecule has 1 spiro atoms. The molecule has 0 bridgehead atoms. The van der Waals surface area contributed by atoms with Crippen LogP contribution in [0.5, 0.6) is 0 Å². The van der Waals surface area contributed by atoms with E-state index in [0.717, 1.165) is 29.1 Å². The first kappa shape index (κ1) is 24.9. The van der Waals surface area contributed by atoms with E-state index in [1.807, 2.05) is 29.5 Å². The van der Waals surface area contributed by atoms with Crippen LogP contribution in [0.3, 0.4) is 0 Å². The molecule has 2 aliphatic rings. The molecule has 2 aliphatic heterocycles. The molecule has 1 amide bonds. The van der Waals surface area contributed by atoms with E-state index < -0.39 is 28.8 Å². The summed E-state index contributed by atoms with van der Waals surface area (Å²) in [6.07, 6.45) is 1.74. The number of carbonyl (C=O) groups is 1. The number of para-hydroxylation sites is 1. The zero-order valence-electron chi connectivity index (χ0n) is 21.2. The molecule has 0 saturated carbocycles. The number of ether oxygens (including phenoxy) is 1. The molecule has 200 valence electrons. The third-order valence-corrected chi connectivity index (χ3v) is 7.23. The summed E-state index contributed by atoms with van der Waals surface area (Å²) >= 11 is 0. The minimum Gasteiger partial charge on any atom is -0.379 e. The maximum absolute atomic E-state index is 14.4. The number of rotatable bonds is 5. The zero-order valence-corrected chi connectivity index (χ0v) is 21.2. The monoisotopic (exact) mass is 533 g/mol. The Hall–Kier alpha value is -4.45. The number of carbonyl (C=O) groups excluding carboxylic acids is 1. The maximum Gasteiger partial charge on any atom is 0.276 e. The van der Waals surface area contributed by atoms with Gasteiger partial charge in [-0.25, -0.2) is 8.78 Å². The van der Waals surface area contributed by atoms with Gasteiger partial charge in [0, 0.05) is 29.8 Å². The van der Waals surface area contributed by atoms with E-state index >= 15 is 0 Å². The number of anilines is 2. The topological polar surface area (TPSA) is 118 Å². The molecule has 6 rings (SSSR count). The van der Waals surface area contributed by atoms with Crippen molar-refractivity contribution >= 4 is 33.9 Å². The standard InChI is InChI=1S/C27H25F2N7O3/c1-15(2)35-21-8-6-19(24(16(21)10-31-35)34-11-22(30)27(12-34)13-39-14-27)32-26(38)20-7-9-23(37)36(33-20)25-17(28)4-3-5-18(25)29/h3-10,15,30H,11-14H2,1-2H3,(H,32,38). The fraction of sp³-hybridized carbons (Fsp3) is 0.296. The number of amides is 1. The Bertz CT molecular complexity index is 1690. The number of hydrogen-bond acceptors (Lipinski definition) is 7. The quantitative estimate of drug-likeness (QED) is 0.405. The van der Waals surface area contributed by atoms with Gasteiger partial charge >= 0.3 is 0 Å². The lowest BCUT2D eigenvalue weighted by Gasteiger charge is -2.37. The molecule has 0 atom stereocenters. The van der Waals surface area contributed by atoms with Crippen molar-refractivity contribution in [1.82, 2.24) is 19.6 Å². The van der Waals surface area contributed by atoms with Gasteiger partial charge in [0.1, 0.15) is 11.4 Å². The molecule has 2 saturated heterocycles. The van der Waals surface area contributed by atoms with E-state index in [1.54, 1.807) is 12.3 Å². The third-order valence-electron chi connectivity index (χ3n) is 7.23. The highest BCUT2D eigenvalue weighted by molar-refractivity contribution is 6.10. The lowest BCUT2D eigenvalue weighted by Crippen LogP contribution is -2.49. The van der Waals surface area contributed by atoms with Gasteiger partial charge < -0.3 is 20.4 Å². The van der Waals surface area contributed by atoms with Gasteiger partial charge in [0.25, 0.3) is 11.5 Å². The van der Waals surface area contributed by atoms with Crippen molar-refractivity contribution in [1.29, 1.82) is 5.41 Å². The highest BCUT2D eigenvalue weighted by Gasteiger charge is 2.49. The fourth-order valence-electron chi connectivity index (χ4n) is 5.18. The van der Waals surface area contributed by atoms with Crippen molar-refractivity contribution in [2.24, 2.45) is 5.41 Å². The number of hydrogen-bond donors (Lipinski definition) is 2. The van der Waals surface area contributed by atoms with Crippen LogP contribution < -0.4 is 15.8 Å². The Balaban J connectivity index is 1.41. The second-order valence-electron chi connectivity index (χ2n) is 10.2. The summed E-state index contributed by atoms with van der Waals surface area (Å²) in [6.45, 7) is 5.91. The van der Waals surface area contributed by atoms with Crippen molar-refractivity contribution in [2.45, 2.75) is 19.9 Å². The Morgan fingerprint density at radius 3 is 2.49 bits per heavy atom. The van der Waals surface area contributed by atoms with Crippen LogP contribution in [0.2, 0.25) is 0 Å². The molecular weight excluding hydrogens is 508 g/mol. The predicted molar refractivity (Wildman–Crippen MR) is 141 cm³/mol. The van der Waals surface area contributed by atoms with Crippen LogP contribution in [0.1, 0.15) is 30.4 Å². The van der Waals surface area contributed by atoms with E-state index in [1.165, 1.54) is 12.1 Å². The molecule has 4 aromatic rings. The second kappa shape index (κ2) is 9.09. The first-order chi connectivity index (χ1) is 18.7. The van der Waals surface area contributed by atoms with Crippen LogP contribution in [0, 0.1) is 22.5 Å². The lowest BCUT2D eigenvalue weighted by atomic mass is 9.84. The summed E-state index contributed by atoms with van der Waals surface area (Å²) in [5.74, 6) is -2.64. The summed E-state index contributed by atoms with van der Waals surface area (Å²) in [5.41, 5.74) is 0.591. The van der Waals surface area contributed by atoms with Crippen LogP contribution in [0.15, 0.2) is 53.5 Å². The van der Waals surface area contributed by atoms with Crippen LogP contribution in [0.25, 0.3) is 16.6 Å². The average Bonchev–Trinajstić information content (AvgIpc) is 3.46. The normalized spacial score (nSPS) is 16.3. The molecule has 2 fully saturated rings. The molecule has 12 heteroatoms. The number of nitrogens with zero attached hydrogens (tertiary/aromatic N) is 5. The first-order valence-electron chi connectivity index (χ1n) is 12.5. The van der Waals surface area contributed by atoms with Gasteiger partial charge in [-0.15, -0.1) is 0 Å². The van der Waals surface area contributed by atoms with Crippen LogP contribution in [-0.4, -0.2) is 57.5 Å². The number of benzene rings is 2. The lowest BCUT2D eigenvalue weighted by molar-refractivity contribution is -0.0597. The molecule has 0 radical (unpaired) electrons. The Morgan fingerprint density at radius 1 is 1.10 bits per heavy atom. The maximum atomic E-state index is 14.4. The van der Waals surface area contributed by atoms with Crippen LogP contribution in [-0.2, 0) is 4.74 Å². The predicted octanol–water partition coefficient (Wildman–Crippen LogP) is 3.55. The zero-order chi connectivity index (χ0) is 27.5. The summed E-state index contributed by atoms with van der Waals surface area (Å²) in [5, 5.41) is 20.8. The first-order valence-corrected chi connectivity index (χ1v) is 12.5. The van der Waals surface area contributed by atoms with Gasteiger partial charge in [0.05, 0.1) is 48.3 Å². The fourth-order valence-corrected chi connectivity index (χ4v) is 5.18. The number of nitrogens with one attached hydrogen (secondary N) is 2. The number of fused-ring (bicyclic) bond motifs is 1. The van der Waals surface area contributed by atoms with Gasteiger partial charge in [-0.2, -0.15) is 14.9 Å². The highest BCUT2D eigenvalue weighted by Crippen LogP contribution is 2.43. The van der Waals surface area contributed by atoms with E-state index in [4.69, 9.17) is 10.1 Å². The summed E-state index contributed by atoms with van der Waals surface area (Å²) in [6, 6.07) is 9.14. The van der Waals surface area contributed by atoms with Gasteiger partial charge in [0.15, 0.2) is 11.6 Å². The van der Waals surface area contributed by atoms with Crippen LogP contribution in [0.4, 0.5) is 20.2 Å². The molecule has 2 N–H and O–H groups in total. The van der Waals surface area contributed by atoms with Crippen molar-refractivity contribution in [3.05, 3.63) is 76.3 Å². The van der Waals surface area contributed by atoms with Gasteiger partial charge in [0.2, 0.25) is 0 Å². The van der Waals surface area contributed by atoms with E-state index in [0.29, 0.717) is 48.1 Å². The molecule has 10 nitrogen and oxygen atoms in total. The second-order valence-corrected chi connectivity index (χ2v) is 10.2. The summed E-state index contributed by atoms with van der Waals surface area (Å²) in [7, 11) is 0. The molecule has 0 aliphatic carbocycles. The molecule has 39 heavy (non-hydrogen) atoms. The van der Waals surface area contributed by atoms with E-state index in [-0.39, 0.29) is 17.2 Å². The summed E-state index contributed by atoms with van der Waals surface area (Å²) < 4.78 is 36.6. The van der Waals surface area contributed by atoms with Crippen molar-refractivity contribution in [3.63, 3.8) is 0 Å². The van der Waals surface area contributed by atoms with E-state index in [2.05, 4.69) is 15.5 Å². The minimum atomic E-state index is -0.984. The summed E-state index contributed by atoms with van der Waals surface area (Å²) in [4.78, 5) is 27.8. The Kier molecular flexibility index (Phi) is 5.79. The molecule has 4 heterocycles. The van der Waals surface area contributed by atoms with E-state index in [9.17, 15) is 18.4 Å². The number of aromatic nitrogens is 4. The average molecular weight is 534 g/mol. The van der Waals surface area contributed by atoms with Crippen molar-refractivity contribution in [2.75, 3.05) is 36.5 Å².